The summed E-state index contributed by atoms with van der Waals surface area (Å²) in [6.07, 6.45) is 0. The fourth-order valence-electron chi connectivity index (χ4n) is 0.997. The minimum absolute atomic E-state index is 0.224. The van der Waals surface area contributed by atoms with E-state index < -0.39 is 0 Å². The normalized spacial score (nSPS) is 10.0. The number of nitriles is 1. The Morgan fingerprint density at radius 1 is 1.50 bits per heavy atom. The maximum Gasteiger partial charge on any atom is 0.243 e. The summed E-state index contributed by atoms with van der Waals surface area (Å²) in [6, 6.07) is 6.96. The molecule has 0 atom stereocenters. The van der Waals surface area contributed by atoms with Crippen LogP contribution in [0.5, 0.6) is 0 Å². The highest BCUT2D eigenvalue weighted by atomic mass is 35.5. The van der Waals surface area contributed by atoms with E-state index in [0.717, 1.165) is 0 Å². The molecule has 2 rings (SSSR count). The van der Waals surface area contributed by atoms with Gasteiger partial charge in [-0.25, -0.2) is 0 Å². The van der Waals surface area contributed by atoms with E-state index in [1.807, 2.05) is 6.07 Å². The first kappa shape index (κ1) is 7.14. The summed E-state index contributed by atoms with van der Waals surface area (Å²) in [5, 5.41) is 13.5. The summed E-state index contributed by atoms with van der Waals surface area (Å²) in [4.78, 5) is 0. The monoisotopic (exact) mass is 178 g/mol. The molecule has 0 amide bonds. The van der Waals surface area contributed by atoms with Gasteiger partial charge < -0.3 is 4.52 Å². The highest BCUT2D eigenvalue weighted by Crippen LogP contribution is 2.20. The van der Waals surface area contributed by atoms with E-state index in [4.69, 9.17) is 21.4 Å². The first-order chi connectivity index (χ1) is 5.81. The number of fused-ring (bicyclic) bond motifs is 1. The third kappa shape index (κ3) is 0.936. The Bertz CT molecular complexity index is 469. The Hall–Kier alpha value is -1.53. The molecule has 0 bridgehead atoms. The van der Waals surface area contributed by atoms with Crippen molar-refractivity contribution in [3.8, 4) is 6.07 Å². The van der Waals surface area contributed by atoms with Gasteiger partial charge in [0, 0.05) is 5.02 Å². The fraction of sp³-hybridized carbons (Fsp3) is 0. The Morgan fingerprint density at radius 3 is 3.08 bits per heavy atom. The minimum Gasteiger partial charge on any atom is -0.344 e. The van der Waals surface area contributed by atoms with Crippen LogP contribution in [0.1, 0.15) is 5.76 Å². The van der Waals surface area contributed by atoms with Crippen molar-refractivity contribution in [2.75, 3.05) is 0 Å². The van der Waals surface area contributed by atoms with Crippen molar-refractivity contribution < 1.29 is 4.52 Å². The van der Waals surface area contributed by atoms with Crippen LogP contribution in [0.2, 0.25) is 5.02 Å². The predicted molar refractivity (Wildman–Crippen MR) is 43.7 cm³/mol. The molecule has 2 aromatic rings. The molecule has 1 heterocycles. The summed E-state index contributed by atoms with van der Waals surface area (Å²) in [7, 11) is 0. The highest BCUT2D eigenvalue weighted by Gasteiger charge is 2.06. The number of halogens is 1. The maximum atomic E-state index is 8.58. The molecule has 1 aromatic carbocycles. The third-order valence-electron chi connectivity index (χ3n) is 1.54. The number of aromatic nitrogens is 1. The summed E-state index contributed by atoms with van der Waals surface area (Å²) in [5.41, 5.74) is 0.610. The molecule has 58 valence electrons. The Kier molecular flexibility index (Phi) is 1.49. The van der Waals surface area contributed by atoms with Crippen LogP contribution >= 0.6 is 11.6 Å². The molecule has 0 saturated carbocycles. The SMILES string of the molecule is N#Cc1onc2cc(Cl)ccc12. The Labute approximate surface area is 73.1 Å². The molecule has 4 heteroatoms. The third-order valence-corrected chi connectivity index (χ3v) is 1.78. The standard InChI is InChI=1S/C8H3ClN2O/c9-5-1-2-6-7(3-5)11-12-8(6)4-10/h1-3H. The van der Waals surface area contributed by atoms with E-state index in [9.17, 15) is 0 Å². The number of benzene rings is 1. The molecule has 0 aliphatic heterocycles. The van der Waals surface area contributed by atoms with Crippen LogP contribution in [-0.4, -0.2) is 5.16 Å². The van der Waals surface area contributed by atoms with Gasteiger partial charge in [0.25, 0.3) is 0 Å². The molecule has 0 unspecified atom stereocenters. The van der Waals surface area contributed by atoms with Gasteiger partial charge in [-0.05, 0) is 18.2 Å². The second kappa shape index (κ2) is 2.50. The molecule has 0 N–H and O–H groups in total. The molecule has 0 saturated heterocycles. The predicted octanol–water partition coefficient (Wildman–Crippen LogP) is 2.35. The van der Waals surface area contributed by atoms with Gasteiger partial charge in [0.1, 0.15) is 11.6 Å². The van der Waals surface area contributed by atoms with Crippen molar-refractivity contribution in [2.45, 2.75) is 0 Å². The summed E-state index contributed by atoms with van der Waals surface area (Å²) >= 11 is 5.71. The lowest BCUT2D eigenvalue weighted by atomic mass is 10.2. The smallest absolute Gasteiger partial charge is 0.243 e. The molecule has 12 heavy (non-hydrogen) atoms. The van der Waals surface area contributed by atoms with Crippen LogP contribution < -0.4 is 0 Å². The molecule has 0 aliphatic rings. The van der Waals surface area contributed by atoms with Crippen LogP contribution in [0, 0.1) is 11.3 Å². The van der Waals surface area contributed by atoms with Crippen molar-refractivity contribution in [3.05, 3.63) is 29.0 Å². The van der Waals surface area contributed by atoms with Gasteiger partial charge >= 0.3 is 0 Å². The van der Waals surface area contributed by atoms with Crippen molar-refractivity contribution in [3.63, 3.8) is 0 Å². The van der Waals surface area contributed by atoms with Crippen LogP contribution in [0.25, 0.3) is 10.9 Å². The first-order valence-corrected chi connectivity index (χ1v) is 3.64. The molecule has 0 aliphatic carbocycles. The number of hydrogen-bond acceptors (Lipinski definition) is 3. The van der Waals surface area contributed by atoms with Gasteiger partial charge in [-0.1, -0.05) is 16.8 Å². The average molecular weight is 179 g/mol. The zero-order valence-electron chi connectivity index (χ0n) is 5.91. The maximum absolute atomic E-state index is 8.58. The Balaban J connectivity index is 2.84. The van der Waals surface area contributed by atoms with Gasteiger partial charge in [-0.15, -0.1) is 0 Å². The Morgan fingerprint density at radius 2 is 2.33 bits per heavy atom. The van der Waals surface area contributed by atoms with Crippen LogP contribution in [-0.2, 0) is 0 Å². The molecule has 0 fully saturated rings. The van der Waals surface area contributed by atoms with E-state index in [0.29, 0.717) is 15.9 Å². The molecule has 1 aromatic heterocycles. The highest BCUT2D eigenvalue weighted by molar-refractivity contribution is 6.31. The van der Waals surface area contributed by atoms with Gasteiger partial charge in [-0.3, -0.25) is 0 Å². The van der Waals surface area contributed by atoms with E-state index in [2.05, 4.69) is 5.16 Å². The van der Waals surface area contributed by atoms with Crippen LogP contribution in [0.3, 0.4) is 0 Å². The molecule has 0 radical (unpaired) electrons. The molecule has 0 spiro atoms. The van der Waals surface area contributed by atoms with Crippen molar-refractivity contribution in [1.82, 2.24) is 5.16 Å². The van der Waals surface area contributed by atoms with Crippen LogP contribution in [0.15, 0.2) is 22.7 Å². The molecular formula is C8H3ClN2O. The van der Waals surface area contributed by atoms with E-state index in [1.165, 1.54) is 0 Å². The lowest BCUT2D eigenvalue weighted by molar-refractivity contribution is 0.418. The van der Waals surface area contributed by atoms with Crippen molar-refractivity contribution in [1.29, 1.82) is 5.26 Å². The summed E-state index contributed by atoms with van der Waals surface area (Å²) in [6.45, 7) is 0. The van der Waals surface area contributed by atoms with Crippen molar-refractivity contribution in [2.24, 2.45) is 0 Å². The second-order valence-electron chi connectivity index (χ2n) is 2.28. The minimum atomic E-state index is 0.224. The van der Waals surface area contributed by atoms with E-state index in [1.54, 1.807) is 18.2 Å². The van der Waals surface area contributed by atoms with Gasteiger partial charge in [0.15, 0.2) is 0 Å². The quantitative estimate of drug-likeness (QED) is 0.622. The average Bonchev–Trinajstić information content (AvgIpc) is 2.46. The lowest BCUT2D eigenvalue weighted by Crippen LogP contribution is -1.69. The largest absolute Gasteiger partial charge is 0.344 e. The first-order valence-electron chi connectivity index (χ1n) is 3.26. The lowest BCUT2D eigenvalue weighted by Gasteiger charge is -1.86. The van der Waals surface area contributed by atoms with Gasteiger partial charge in [0.2, 0.25) is 5.76 Å². The zero-order valence-corrected chi connectivity index (χ0v) is 6.67. The second-order valence-corrected chi connectivity index (χ2v) is 2.72. The number of nitrogens with zero attached hydrogens (tertiary/aromatic N) is 2. The topological polar surface area (TPSA) is 49.8 Å². The van der Waals surface area contributed by atoms with Gasteiger partial charge in [0.05, 0.1) is 5.39 Å². The molecule has 3 nitrogen and oxygen atoms in total. The fourth-order valence-corrected chi connectivity index (χ4v) is 1.16. The van der Waals surface area contributed by atoms with E-state index >= 15 is 0 Å². The van der Waals surface area contributed by atoms with E-state index in [-0.39, 0.29) is 5.76 Å². The number of rotatable bonds is 0. The van der Waals surface area contributed by atoms with Gasteiger partial charge in [-0.2, -0.15) is 5.26 Å². The molecular weight excluding hydrogens is 176 g/mol. The van der Waals surface area contributed by atoms with Crippen molar-refractivity contribution >= 4 is 22.5 Å². The van der Waals surface area contributed by atoms with Crippen LogP contribution in [0.4, 0.5) is 0 Å². The zero-order chi connectivity index (χ0) is 8.55. The summed E-state index contributed by atoms with van der Waals surface area (Å²) in [5.74, 6) is 0.224. The number of hydrogen-bond donors (Lipinski definition) is 0. The summed E-state index contributed by atoms with van der Waals surface area (Å²) < 4.78 is 4.75.